The van der Waals surface area contributed by atoms with Crippen molar-refractivity contribution < 1.29 is 19.8 Å². The van der Waals surface area contributed by atoms with E-state index in [0.29, 0.717) is 12.2 Å². The molecule has 0 saturated heterocycles. The van der Waals surface area contributed by atoms with Gasteiger partial charge >= 0.3 is 11.9 Å². The Balaban J connectivity index is 2.47. The lowest BCUT2D eigenvalue weighted by atomic mass is 10.1. The number of thioether (sulfide) groups is 1. The van der Waals surface area contributed by atoms with Gasteiger partial charge < -0.3 is 15.1 Å². The molecule has 0 fully saturated rings. The fourth-order valence-corrected chi connectivity index (χ4v) is 4.24. The zero-order valence-electron chi connectivity index (χ0n) is 15.3. The molecule has 0 heterocycles. The first-order chi connectivity index (χ1) is 13.0. The molecule has 0 aromatic heterocycles. The van der Waals surface area contributed by atoms with Crippen LogP contribution in [0.1, 0.15) is 37.1 Å². The summed E-state index contributed by atoms with van der Waals surface area (Å²) in [4.78, 5) is 25.0. The second-order valence-electron chi connectivity index (χ2n) is 6.16. The van der Waals surface area contributed by atoms with E-state index in [-0.39, 0.29) is 11.8 Å². The quantitative estimate of drug-likeness (QED) is 0.546. The van der Waals surface area contributed by atoms with Crippen LogP contribution >= 0.6 is 11.8 Å². The minimum atomic E-state index is -0.875. The first-order valence-electron chi connectivity index (χ1n) is 8.99. The van der Waals surface area contributed by atoms with Crippen molar-refractivity contribution in [3.8, 4) is 0 Å². The molecule has 144 valence electrons. The van der Waals surface area contributed by atoms with Crippen molar-refractivity contribution in [1.29, 1.82) is 0 Å². The summed E-state index contributed by atoms with van der Waals surface area (Å²) in [6.07, 6.45) is 1.27. The molecule has 0 radical (unpaired) electrons. The van der Waals surface area contributed by atoms with Gasteiger partial charge in [-0.25, -0.2) is 4.79 Å². The lowest BCUT2D eigenvalue weighted by Gasteiger charge is -2.38. The third kappa shape index (κ3) is 6.03. The molecular formula is C21H25NO4S. The molecular weight excluding hydrogens is 362 g/mol. The Labute approximate surface area is 164 Å². The molecule has 0 saturated carbocycles. The number of para-hydroxylation sites is 1. The first-order valence-corrected chi connectivity index (χ1v) is 10.0. The van der Waals surface area contributed by atoms with E-state index in [9.17, 15) is 14.7 Å². The Kier molecular flexibility index (Phi) is 8.20. The predicted molar refractivity (Wildman–Crippen MR) is 109 cm³/mol. The minimum Gasteiger partial charge on any atom is -0.481 e. The maximum absolute atomic E-state index is 12.1. The Morgan fingerprint density at radius 2 is 1.59 bits per heavy atom. The maximum atomic E-state index is 12.1. The van der Waals surface area contributed by atoms with Crippen LogP contribution in [0.3, 0.4) is 0 Å². The van der Waals surface area contributed by atoms with E-state index in [2.05, 4.69) is 0 Å². The summed E-state index contributed by atoms with van der Waals surface area (Å²) >= 11 is 1.46. The average molecular weight is 388 g/mol. The summed E-state index contributed by atoms with van der Waals surface area (Å²) in [7, 11) is 0. The Hall–Kier alpha value is -2.47. The van der Waals surface area contributed by atoms with E-state index in [1.54, 1.807) is 0 Å². The van der Waals surface area contributed by atoms with Crippen LogP contribution in [0, 0.1) is 0 Å². The average Bonchev–Trinajstić information content (AvgIpc) is 2.67. The number of benzene rings is 2. The molecule has 0 amide bonds. The van der Waals surface area contributed by atoms with Crippen molar-refractivity contribution in [1.82, 2.24) is 0 Å². The van der Waals surface area contributed by atoms with Gasteiger partial charge in [0.2, 0.25) is 0 Å². The number of carbonyl (C=O) groups is 2. The van der Waals surface area contributed by atoms with Crippen molar-refractivity contribution in [2.75, 3.05) is 10.7 Å². The highest BCUT2D eigenvalue weighted by Gasteiger charge is 2.32. The summed E-state index contributed by atoms with van der Waals surface area (Å²) < 4.78 is 0. The van der Waals surface area contributed by atoms with E-state index < -0.39 is 18.0 Å². The van der Waals surface area contributed by atoms with Crippen molar-refractivity contribution in [2.45, 2.75) is 37.6 Å². The van der Waals surface area contributed by atoms with Crippen LogP contribution in [0.4, 0.5) is 5.69 Å². The molecule has 0 bridgehead atoms. The second-order valence-corrected chi connectivity index (χ2v) is 7.35. The molecule has 2 atom stereocenters. The van der Waals surface area contributed by atoms with E-state index >= 15 is 0 Å². The van der Waals surface area contributed by atoms with Crippen LogP contribution < -0.4 is 4.90 Å². The molecule has 0 aliphatic heterocycles. The summed E-state index contributed by atoms with van der Waals surface area (Å²) in [6.45, 7) is 1.97. The summed E-state index contributed by atoms with van der Waals surface area (Å²) in [5, 5.41) is 18.6. The fraction of sp³-hybridized carbons (Fsp3) is 0.333. The zero-order chi connectivity index (χ0) is 19.6. The summed E-state index contributed by atoms with van der Waals surface area (Å²) in [6, 6.07) is 18.4. The number of hydrogen-bond acceptors (Lipinski definition) is 4. The van der Waals surface area contributed by atoms with Gasteiger partial charge in [0.05, 0.1) is 6.42 Å². The monoisotopic (exact) mass is 387 g/mol. The Morgan fingerprint density at radius 3 is 2.11 bits per heavy atom. The summed E-state index contributed by atoms with van der Waals surface area (Å²) in [5.74, 6) is -1.33. The molecule has 0 spiro atoms. The lowest BCUT2D eigenvalue weighted by molar-refractivity contribution is -0.139. The van der Waals surface area contributed by atoms with E-state index in [1.807, 2.05) is 72.5 Å². The third-order valence-electron chi connectivity index (χ3n) is 4.17. The second kappa shape index (κ2) is 10.6. The minimum absolute atomic E-state index is 0.0299. The van der Waals surface area contributed by atoms with Gasteiger partial charge in [-0.2, -0.15) is 0 Å². The molecule has 2 aromatic carbocycles. The van der Waals surface area contributed by atoms with Crippen LogP contribution in [0.25, 0.3) is 0 Å². The normalized spacial score (nSPS) is 12.9. The van der Waals surface area contributed by atoms with Crippen molar-refractivity contribution in [3.05, 3.63) is 66.2 Å². The molecule has 0 aliphatic rings. The highest BCUT2D eigenvalue weighted by Crippen LogP contribution is 2.39. The van der Waals surface area contributed by atoms with Gasteiger partial charge in [0.1, 0.15) is 11.4 Å². The van der Waals surface area contributed by atoms with Crippen molar-refractivity contribution in [2.24, 2.45) is 0 Å². The number of carboxylic acids is 2. The van der Waals surface area contributed by atoms with Crippen LogP contribution in [-0.2, 0) is 9.59 Å². The topological polar surface area (TPSA) is 77.8 Å². The van der Waals surface area contributed by atoms with E-state index in [1.165, 1.54) is 11.8 Å². The smallest absolute Gasteiger partial charge is 0.326 e. The lowest BCUT2D eigenvalue weighted by Crippen LogP contribution is -2.43. The summed E-state index contributed by atoms with van der Waals surface area (Å²) in [5.41, 5.74) is 1.77. The molecule has 0 aliphatic carbocycles. The van der Waals surface area contributed by atoms with Crippen molar-refractivity contribution >= 4 is 29.4 Å². The highest BCUT2D eigenvalue weighted by atomic mass is 32.2. The molecule has 0 unspecified atom stereocenters. The third-order valence-corrected chi connectivity index (χ3v) is 5.42. The predicted octanol–water partition coefficient (Wildman–Crippen LogP) is 4.65. The number of carboxylic acid groups (broad SMARTS) is 2. The van der Waals surface area contributed by atoms with Gasteiger partial charge in [0, 0.05) is 11.4 Å². The molecule has 2 aromatic rings. The number of aliphatic carboxylic acids is 2. The Bertz CT molecular complexity index is 723. The molecule has 5 nitrogen and oxygen atoms in total. The molecule has 2 rings (SSSR count). The SMILES string of the molecule is CCC[C@@H](C(=O)O)N(c1ccccc1)[C@H](SCCC(=O)O)c1ccccc1. The van der Waals surface area contributed by atoms with Gasteiger partial charge in [0.15, 0.2) is 0 Å². The van der Waals surface area contributed by atoms with Gasteiger partial charge in [-0.3, -0.25) is 4.79 Å². The fourth-order valence-electron chi connectivity index (χ4n) is 2.95. The van der Waals surface area contributed by atoms with Gasteiger partial charge in [-0.15, -0.1) is 11.8 Å². The maximum Gasteiger partial charge on any atom is 0.326 e. The number of anilines is 1. The van der Waals surface area contributed by atoms with E-state index in [0.717, 1.165) is 17.7 Å². The Morgan fingerprint density at radius 1 is 1.00 bits per heavy atom. The van der Waals surface area contributed by atoms with Gasteiger partial charge in [0.25, 0.3) is 0 Å². The zero-order valence-corrected chi connectivity index (χ0v) is 16.1. The van der Waals surface area contributed by atoms with Crippen molar-refractivity contribution in [3.63, 3.8) is 0 Å². The van der Waals surface area contributed by atoms with Crippen LogP contribution in [0.2, 0.25) is 0 Å². The largest absolute Gasteiger partial charge is 0.481 e. The molecule has 2 N–H and O–H groups in total. The first kappa shape index (κ1) is 20.8. The number of nitrogens with zero attached hydrogens (tertiary/aromatic N) is 1. The van der Waals surface area contributed by atoms with Crippen LogP contribution in [0.5, 0.6) is 0 Å². The van der Waals surface area contributed by atoms with Gasteiger partial charge in [-0.05, 0) is 24.1 Å². The standard InChI is InChI=1S/C21H25NO4S/c1-2-9-18(21(25)26)22(17-12-7-4-8-13-17)20(27-15-14-19(23)24)16-10-5-3-6-11-16/h3-8,10-13,18,20H,2,9,14-15H2,1H3,(H,23,24)(H,25,26)/t18-,20+/m0/s1. The van der Waals surface area contributed by atoms with Crippen LogP contribution in [0.15, 0.2) is 60.7 Å². The molecule has 6 heteroatoms. The van der Waals surface area contributed by atoms with Crippen LogP contribution in [-0.4, -0.2) is 33.9 Å². The number of rotatable bonds is 11. The van der Waals surface area contributed by atoms with Gasteiger partial charge in [-0.1, -0.05) is 61.9 Å². The molecule has 27 heavy (non-hydrogen) atoms. The highest BCUT2D eigenvalue weighted by molar-refractivity contribution is 7.99. The number of hydrogen-bond donors (Lipinski definition) is 2. The van der Waals surface area contributed by atoms with E-state index in [4.69, 9.17) is 5.11 Å².